The van der Waals surface area contributed by atoms with E-state index < -0.39 is 12.0 Å². The average Bonchev–Trinajstić information content (AvgIpc) is 3.33. The molecule has 2 aromatic carbocycles. The summed E-state index contributed by atoms with van der Waals surface area (Å²) in [6.45, 7) is 10.4. The molecular formula is C37H50N4O6. The smallest absolute Gasteiger partial charge is 0.338 e. The van der Waals surface area contributed by atoms with Gasteiger partial charge in [0.15, 0.2) is 0 Å². The predicted octanol–water partition coefficient (Wildman–Crippen LogP) is 5.35. The highest BCUT2D eigenvalue weighted by Crippen LogP contribution is 2.40. The number of likely N-dealkylation sites (N-methyl/N-ethyl adjacent to an activating group) is 1. The number of esters is 2. The Kier molecular flexibility index (Phi) is 13.5. The number of amides is 1. The fourth-order valence-corrected chi connectivity index (χ4v) is 6.46. The van der Waals surface area contributed by atoms with Crippen LogP contribution in [0.15, 0.2) is 60.7 Å². The molecule has 2 aliphatic heterocycles. The van der Waals surface area contributed by atoms with Crippen LogP contribution in [-0.2, 0) is 14.3 Å². The summed E-state index contributed by atoms with van der Waals surface area (Å²) in [4.78, 5) is 46.2. The molecule has 2 bridgehead atoms. The zero-order valence-electron chi connectivity index (χ0n) is 28.4. The van der Waals surface area contributed by atoms with E-state index in [1.165, 1.54) is 7.11 Å². The van der Waals surface area contributed by atoms with Gasteiger partial charge in [0.2, 0.25) is 5.88 Å². The van der Waals surface area contributed by atoms with Crippen LogP contribution in [0.1, 0.15) is 73.6 Å². The molecule has 5 rings (SSSR count). The lowest BCUT2D eigenvalue weighted by Gasteiger charge is -2.40. The Morgan fingerprint density at radius 3 is 2.43 bits per heavy atom. The van der Waals surface area contributed by atoms with Crippen molar-refractivity contribution in [3.05, 3.63) is 71.8 Å². The molecule has 0 aliphatic carbocycles. The van der Waals surface area contributed by atoms with Gasteiger partial charge in [0.25, 0.3) is 5.91 Å². The second-order valence-corrected chi connectivity index (χ2v) is 12.1. The molecule has 47 heavy (non-hydrogen) atoms. The number of para-hydroxylation sites is 1. The summed E-state index contributed by atoms with van der Waals surface area (Å²) in [5.74, 6) is -0.625. The minimum Gasteiger partial charge on any atom is -0.478 e. The number of hydrogen-bond acceptors (Lipinski definition) is 9. The van der Waals surface area contributed by atoms with E-state index >= 15 is 0 Å². The molecule has 0 unspecified atom stereocenters. The first-order valence-electron chi connectivity index (χ1n) is 16.9. The normalized spacial score (nSPS) is 20.3. The number of pyridine rings is 1. The number of rotatable bonds is 13. The van der Waals surface area contributed by atoms with Crippen LogP contribution in [0.25, 0.3) is 10.9 Å². The zero-order valence-corrected chi connectivity index (χ0v) is 28.4. The van der Waals surface area contributed by atoms with Crippen LogP contribution in [-0.4, -0.2) is 97.8 Å². The topological polar surface area (TPSA) is 110 Å². The summed E-state index contributed by atoms with van der Waals surface area (Å²) >= 11 is 0. The van der Waals surface area contributed by atoms with Crippen LogP contribution >= 0.6 is 0 Å². The lowest BCUT2D eigenvalue weighted by atomic mass is 9.87. The molecular weight excluding hydrogens is 596 g/mol. The maximum atomic E-state index is 12.7. The SMILES string of the molecule is CCCCOc1cc(C(=O)NCCN(CC)CC)c2ccccc2n1.COC(=O)[C@H]1[C@@H](OC(=O)c2ccccc2)C[C@@H]2CC[C@H]1N2C. The largest absolute Gasteiger partial charge is 0.478 e. The molecule has 3 aromatic rings. The number of carbonyl (C=O) groups is 3. The average molecular weight is 647 g/mol. The Bertz CT molecular complexity index is 1460. The molecule has 1 amide bonds. The molecule has 2 fully saturated rings. The van der Waals surface area contributed by atoms with E-state index in [1.807, 2.05) is 37.4 Å². The van der Waals surface area contributed by atoms with Crippen LogP contribution in [0.5, 0.6) is 5.88 Å². The first kappa shape index (κ1) is 35.8. The number of aromatic nitrogens is 1. The van der Waals surface area contributed by atoms with E-state index in [-0.39, 0.29) is 23.9 Å². The summed E-state index contributed by atoms with van der Waals surface area (Å²) in [6, 6.07) is 18.8. The first-order chi connectivity index (χ1) is 22.8. The minimum atomic E-state index is -0.408. The van der Waals surface area contributed by atoms with Gasteiger partial charge in [0.05, 0.1) is 30.4 Å². The van der Waals surface area contributed by atoms with Crippen molar-refractivity contribution in [3.63, 3.8) is 0 Å². The number of nitrogens with one attached hydrogen (secondary N) is 1. The summed E-state index contributed by atoms with van der Waals surface area (Å²) in [5.41, 5.74) is 1.92. The van der Waals surface area contributed by atoms with Gasteiger partial charge in [0, 0.05) is 43.0 Å². The molecule has 2 aliphatic rings. The highest BCUT2D eigenvalue weighted by molar-refractivity contribution is 6.06. The van der Waals surface area contributed by atoms with Gasteiger partial charge in [0.1, 0.15) is 12.0 Å². The van der Waals surface area contributed by atoms with Gasteiger partial charge in [-0.05, 0) is 57.6 Å². The maximum absolute atomic E-state index is 12.7. The highest BCUT2D eigenvalue weighted by Gasteiger charge is 2.51. The molecule has 0 radical (unpaired) electrons. The van der Waals surface area contributed by atoms with E-state index in [1.54, 1.807) is 30.3 Å². The number of ether oxygens (including phenoxy) is 3. The molecule has 2 saturated heterocycles. The van der Waals surface area contributed by atoms with Crippen molar-refractivity contribution in [1.82, 2.24) is 20.1 Å². The van der Waals surface area contributed by atoms with Gasteiger partial charge < -0.3 is 24.4 Å². The number of fused-ring (bicyclic) bond motifs is 3. The van der Waals surface area contributed by atoms with Crippen molar-refractivity contribution in [3.8, 4) is 5.88 Å². The third-order valence-corrected chi connectivity index (χ3v) is 9.25. The number of unbranched alkanes of at least 4 members (excludes halogenated alkanes) is 1. The number of nitrogens with zero attached hydrogens (tertiary/aromatic N) is 3. The molecule has 1 aromatic heterocycles. The molecule has 10 heteroatoms. The Hall–Kier alpha value is -4.02. The van der Waals surface area contributed by atoms with E-state index in [9.17, 15) is 14.4 Å². The van der Waals surface area contributed by atoms with Crippen LogP contribution in [0.2, 0.25) is 0 Å². The Balaban J connectivity index is 0.000000214. The molecule has 254 valence electrons. The van der Waals surface area contributed by atoms with Gasteiger partial charge in [-0.3, -0.25) is 14.5 Å². The molecule has 0 saturated carbocycles. The van der Waals surface area contributed by atoms with E-state index in [0.717, 1.165) is 56.2 Å². The lowest BCUT2D eigenvalue weighted by molar-refractivity contribution is -0.156. The Labute approximate surface area is 278 Å². The fraction of sp³-hybridized carbons (Fsp3) is 0.514. The van der Waals surface area contributed by atoms with Crippen LogP contribution in [0.4, 0.5) is 0 Å². The van der Waals surface area contributed by atoms with Crippen molar-refractivity contribution >= 4 is 28.7 Å². The quantitative estimate of drug-likeness (QED) is 0.194. The maximum Gasteiger partial charge on any atom is 0.338 e. The van der Waals surface area contributed by atoms with Gasteiger partial charge in [-0.2, -0.15) is 0 Å². The van der Waals surface area contributed by atoms with E-state index in [0.29, 0.717) is 42.6 Å². The minimum absolute atomic E-state index is 0.0777. The number of carbonyl (C=O) groups excluding carboxylic acids is 3. The van der Waals surface area contributed by atoms with Crippen LogP contribution in [0, 0.1) is 5.92 Å². The number of benzene rings is 2. The summed E-state index contributed by atoms with van der Waals surface area (Å²) in [7, 11) is 3.42. The van der Waals surface area contributed by atoms with Crippen molar-refractivity contribution in [2.24, 2.45) is 5.92 Å². The summed E-state index contributed by atoms with van der Waals surface area (Å²) in [5, 5.41) is 3.87. The number of piperidine rings is 1. The van der Waals surface area contributed by atoms with E-state index in [2.05, 4.69) is 40.9 Å². The first-order valence-corrected chi connectivity index (χ1v) is 16.9. The van der Waals surface area contributed by atoms with Crippen LogP contribution in [0.3, 0.4) is 0 Å². The predicted molar refractivity (Wildman–Crippen MR) is 183 cm³/mol. The third-order valence-electron chi connectivity index (χ3n) is 9.25. The fourth-order valence-electron chi connectivity index (χ4n) is 6.46. The van der Waals surface area contributed by atoms with Gasteiger partial charge in [-0.1, -0.05) is 63.6 Å². The van der Waals surface area contributed by atoms with Gasteiger partial charge in [-0.25, -0.2) is 9.78 Å². The third kappa shape index (κ3) is 9.29. The second-order valence-electron chi connectivity index (χ2n) is 12.1. The summed E-state index contributed by atoms with van der Waals surface area (Å²) < 4.78 is 16.3. The van der Waals surface area contributed by atoms with Gasteiger partial charge in [-0.15, -0.1) is 0 Å². The second kappa shape index (κ2) is 17.8. The molecule has 1 N–H and O–H groups in total. The van der Waals surface area contributed by atoms with Crippen molar-refractivity contribution in [1.29, 1.82) is 0 Å². The van der Waals surface area contributed by atoms with Crippen molar-refractivity contribution < 1.29 is 28.6 Å². The monoisotopic (exact) mass is 646 g/mol. The van der Waals surface area contributed by atoms with Crippen LogP contribution < -0.4 is 10.1 Å². The molecule has 10 nitrogen and oxygen atoms in total. The highest BCUT2D eigenvalue weighted by atomic mass is 16.6. The number of hydrogen-bond donors (Lipinski definition) is 1. The zero-order chi connectivity index (χ0) is 33.8. The molecule has 0 spiro atoms. The lowest BCUT2D eigenvalue weighted by Crippen LogP contribution is -2.53. The van der Waals surface area contributed by atoms with E-state index in [4.69, 9.17) is 14.2 Å². The Morgan fingerprint density at radius 2 is 1.72 bits per heavy atom. The van der Waals surface area contributed by atoms with Crippen molar-refractivity contribution in [2.75, 3.05) is 46.9 Å². The Morgan fingerprint density at radius 1 is 1.00 bits per heavy atom. The number of methoxy groups -OCH3 is 1. The molecule has 3 heterocycles. The standard InChI is InChI=1S/C20H29N3O2.C17H21NO4/c1-4-7-14-25-19-15-17(16-10-8-9-11-18(16)22-19)20(24)21-12-13-23(5-2)6-3;1-18-12-8-9-13(18)15(17(20)21-2)14(10-12)22-16(19)11-6-4-3-5-7-11/h8-11,15H,4-7,12-14H2,1-3H3,(H,21,24);3-7,12-15H,8-10H2,1-2H3/t;12-,13+,14-,15+/m.0/s1. The molecule has 4 atom stereocenters. The van der Waals surface area contributed by atoms with Crippen molar-refractivity contribution in [2.45, 2.75) is 71.1 Å². The van der Waals surface area contributed by atoms with Gasteiger partial charge >= 0.3 is 11.9 Å². The summed E-state index contributed by atoms with van der Waals surface area (Å²) in [6.07, 6.45) is 4.29.